The molecule has 1 aromatic heterocycles. The second-order valence-electron chi connectivity index (χ2n) is 9.42. The minimum Gasteiger partial charge on any atom is -0.497 e. The molecular formula is C26H25ClN2O3S2. The van der Waals surface area contributed by atoms with Gasteiger partial charge in [-0.2, -0.15) is 0 Å². The van der Waals surface area contributed by atoms with Crippen molar-refractivity contribution in [3.63, 3.8) is 0 Å². The van der Waals surface area contributed by atoms with Crippen LogP contribution in [0.2, 0.25) is 5.02 Å². The van der Waals surface area contributed by atoms with E-state index in [0.717, 1.165) is 20.7 Å². The van der Waals surface area contributed by atoms with Crippen molar-refractivity contribution in [2.24, 2.45) is 17.8 Å². The first-order chi connectivity index (χ1) is 16.5. The van der Waals surface area contributed by atoms with Crippen LogP contribution in [0.15, 0.2) is 58.4 Å². The van der Waals surface area contributed by atoms with E-state index in [1.165, 1.54) is 36.2 Å². The van der Waals surface area contributed by atoms with Crippen molar-refractivity contribution in [3.8, 4) is 5.75 Å². The maximum Gasteiger partial charge on any atom is 0.308 e. The maximum absolute atomic E-state index is 13.2. The van der Waals surface area contributed by atoms with Crippen LogP contribution in [0, 0.1) is 17.8 Å². The van der Waals surface area contributed by atoms with Crippen LogP contribution >= 0.6 is 34.7 Å². The number of carbonyl (C=O) groups is 1. The number of benzene rings is 2. The van der Waals surface area contributed by atoms with Gasteiger partial charge in [0.05, 0.1) is 12.1 Å². The summed E-state index contributed by atoms with van der Waals surface area (Å²) >= 11 is 9.34. The first-order valence-corrected chi connectivity index (χ1v) is 13.7. The Morgan fingerprint density at radius 1 is 1.12 bits per heavy atom. The third-order valence-corrected chi connectivity index (χ3v) is 10.7. The Morgan fingerprint density at radius 2 is 1.85 bits per heavy atom. The Bertz CT molecular complexity index is 1280. The number of ether oxygens (including phenoxy) is 1. The molecular weight excluding hydrogens is 488 g/mol. The Kier molecular flexibility index (Phi) is 5.74. The highest BCUT2D eigenvalue weighted by Gasteiger charge is 2.55. The summed E-state index contributed by atoms with van der Waals surface area (Å²) in [6.07, 6.45) is 3.84. The molecule has 0 unspecified atom stereocenters. The standard InChI is InChI=1S/C26H25ClN2O3S2/c1-32-19-10-8-18(9-11-19)28-20(30)13-29-25-24(34-26(29)31)21(14-4-6-17(27)7-5-14)22-15-2-3-16(12-15)23(22)33-25/h4-11,15-16,21-23H,2-3,12-13H2,1H3,(H,28,30)/t15-,16-,21+,22+,23+/m0/s1. The topological polar surface area (TPSA) is 60.3 Å². The number of rotatable bonds is 5. The lowest BCUT2D eigenvalue weighted by Gasteiger charge is -2.40. The lowest BCUT2D eigenvalue weighted by molar-refractivity contribution is -0.116. The second kappa shape index (κ2) is 8.77. The van der Waals surface area contributed by atoms with Gasteiger partial charge >= 0.3 is 4.87 Å². The fraction of sp³-hybridized carbons (Fsp3) is 0.385. The molecule has 2 aromatic carbocycles. The molecule has 3 aliphatic rings. The van der Waals surface area contributed by atoms with Gasteiger partial charge in [-0.25, -0.2) is 0 Å². The number of nitrogens with one attached hydrogen (secondary N) is 1. The van der Waals surface area contributed by atoms with E-state index in [4.69, 9.17) is 16.3 Å². The van der Waals surface area contributed by atoms with Crippen molar-refractivity contribution in [3.05, 3.63) is 73.7 Å². The number of thioether (sulfide) groups is 1. The van der Waals surface area contributed by atoms with Gasteiger partial charge in [0, 0.05) is 26.8 Å². The van der Waals surface area contributed by atoms with E-state index in [1.807, 2.05) is 23.9 Å². The van der Waals surface area contributed by atoms with Crippen molar-refractivity contribution in [2.75, 3.05) is 12.4 Å². The van der Waals surface area contributed by atoms with E-state index < -0.39 is 0 Å². The number of hydrogen-bond acceptors (Lipinski definition) is 5. The normalized spacial score (nSPS) is 26.7. The molecule has 1 aliphatic heterocycles. The van der Waals surface area contributed by atoms with Crippen LogP contribution in [0.3, 0.4) is 0 Å². The molecule has 34 heavy (non-hydrogen) atoms. The first kappa shape index (κ1) is 22.3. The summed E-state index contributed by atoms with van der Waals surface area (Å²) in [7, 11) is 1.61. The molecule has 2 fully saturated rings. The lowest BCUT2D eigenvalue weighted by Crippen LogP contribution is -2.34. The average Bonchev–Trinajstić information content (AvgIpc) is 3.53. The average molecular weight is 513 g/mol. The van der Waals surface area contributed by atoms with E-state index in [9.17, 15) is 9.59 Å². The Labute approximate surface area is 211 Å². The summed E-state index contributed by atoms with van der Waals surface area (Å²) in [6.45, 7) is 0.0164. The van der Waals surface area contributed by atoms with E-state index >= 15 is 0 Å². The third kappa shape index (κ3) is 3.78. The first-order valence-electron chi connectivity index (χ1n) is 11.6. The number of hydrogen-bond donors (Lipinski definition) is 1. The summed E-state index contributed by atoms with van der Waals surface area (Å²) in [5, 5.41) is 5.11. The van der Waals surface area contributed by atoms with Gasteiger partial charge in [-0.05, 0) is 79.0 Å². The predicted octanol–water partition coefficient (Wildman–Crippen LogP) is 5.86. The van der Waals surface area contributed by atoms with Crippen LogP contribution in [0.1, 0.15) is 35.6 Å². The Hall–Kier alpha value is -2.22. The highest BCUT2D eigenvalue weighted by Crippen LogP contribution is 2.64. The number of aromatic nitrogens is 1. The molecule has 8 heteroatoms. The van der Waals surface area contributed by atoms with Gasteiger partial charge in [0.2, 0.25) is 5.91 Å². The molecule has 5 nitrogen and oxygen atoms in total. The Balaban J connectivity index is 1.33. The zero-order chi connectivity index (χ0) is 23.4. The van der Waals surface area contributed by atoms with E-state index in [1.54, 1.807) is 35.9 Å². The van der Waals surface area contributed by atoms with Gasteiger partial charge in [0.15, 0.2) is 0 Å². The molecule has 176 valence electrons. The van der Waals surface area contributed by atoms with E-state index in [-0.39, 0.29) is 23.2 Å². The number of nitrogens with zero attached hydrogens (tertiary/aromatic N) is 1. The quantitative estimate of drug-likeness (QED) is 0.465. The van der Waals surface area contributed by atoms with Crippen LogP contribution in [0.25, 0.3) is 0 Å². The molecule has 2 heterocycles. The van der Waals surface area contributed by atoms with Gasteiger partial charge in [0.25, 0.3) is 0 Å². The minimum atomic E-state index is -0.202. The van der Waals surface area contributed by atoms with Gasteiger partial charge in [-0.1, -0.05) is 35.1 Å². The van der Waals surface area contributed by atoms with Crippen molar-refractivity contribution in [1.82, 2.24) is 4.57 Å². The smallest absolute Gasteiger partial charge is 0.308 e. The number of amides is 1. The van der Waals surface area contributed by atoms with Crippen molar-refractivity contribution >= 4 is 46.3 Å². The molecule has 1 N–H and O–H groups in total. The molecule has 0 saturated heterocycles. The summed E-state index contributed by atoms with van der Waals surface area (Å²) < 4.78 is 6.87. The van der Waals surface area contributed by atoms with Gasteiger partial charge in [-0.3, -0.25) is 14.2 Å². The number of halogens is 1. The van der Waals surface area contributed by atoms with Crippen molar-refractivity contribution < 1.29 is 9.53 Å². The molecule has 2 aliphatic carbocycles. The highest BCUT2D eigenvalue weighted by molar-refractivity contribution is 8.00. The van der Waals surface area contributed by atoms with Crippen LogP contribution in [-0.2, 0) is 11.3 Å². The van der Waals surface area contributed by atoms with Gasteiger partial charge in [0.1, 0.15) is 12.3 Å². The lowest BCUT2D eigenvalue weighted by atomic mass is 9.75. The zero-order valence-electron chi connectivity index (χ0n) is 18.7. The van der Waals surface area contributed by atoms with Crippen LogP contribution < -0.4 is 14.9 Å². The number of carbonyl (C=O) groups excluding carboxylic acids is 1. The zero-order valence-corrected chi connectivity index (χ0v) is 21.1. The maximum atomic E-state index is 13.2. The van der Waals surface area contributed by atoms with Crippen LogP contribution in [0.5, 0.6) is 5.75 Å². The summed E-state index contributed by atoms with van der Waals surface area (Å²) in [4.78, 5) is 27.1. The van der Waals surface area contributed by atoms with Crippen LogP contribution in [0.4, 0.5) is 5.69 Å². The molecule has 5 atom stereocenters. The molecule has 2 bridgehead atoms. The molecule has 0 radical (unpaired) electrons. The van der Waals surface area contributed by atoms with Crippen molar-refractivity contribution in [2.45, 2.75) is 42.0 Å². The van der Waals surface area contributed by atoms with E-state index in [2.05, 4.69) is 17.4 Å². The third-order valence-electron chi connectivity index (χ3n) is 7.60. The predicted molar refractivity (Wildman–Crippen MR) is 137 cm³/mol. The summed E-state index contributed by atoms with van der Waals surface area (Å²) in [5.74, 6) is 2.66. The molecule has 0 spiro atoms. The molecule has 6 rings (SSSR count). The largest absolute Gasteiger partial charge is 0.497 e. The highest BCUT2D eigenvalue weighted by atomic mass is 35.5. The summed E-state index contributed by atoms with van der Waals surface area (Å²) in [6, 6.07) is 15.3. The number of methoxy groups -OCH3 is 1. The van der Waals surface area contributed by atoms with Gasteiger partial charge in [-0.15, -0.1) is 11.8 Å². The van der Waals surface area contributed by atoms with Gasteiger partial charge < -0.3 is 10.1 Å². The molecule has 3 aromatic rings. The number of thiazole rings is 1. The fourth-order valence-corrected chi connectivity index (χ4v) is 9.43. The second-order valence-corrected chi connectivity index (χ2v) is 12.0. The van der Waals surface area contributed by atoms with Crippen LogP contribution in [-0.4, -0.2) is 22.8 Å². The van der Waals surface area contributed by atoms with E-state index in [0.29, 0.717) is 28.7 Å². The minimum absolute atomic E-state index is 0.0164. The Morgan fingerprint density at radius 3 is 2.59 bits per heavy atom. The summed E-state index contributed by atoms with van der Waals surface area (Å²) in [5.41, 5.74) is 1.91. The number of anilines is 1. The monoisotopic (exact) mass is 512 g/mol. The number of fused-ring (bicyclic) bond motifs is 6. The molecule has 1 amide bonds. The molecule has 2 saturated carbocycles. The fourth-order valence-electron chi connectivity index (χ4n) is 6.15. The van der Waals surface area contributed by atoms with Crippen molar-refractivity contribution in [1.29, 1.82) is 0 Å². The SMILES string of the molecule is COc1ccc(NC(=O)Cn2c3c(sc2=O)[C@H](c2ccc(Cl)cc2)[C@H]2[C@H]4CC[C@@H](C4)[C@H]2S3)cc1.